The summed E-state index contributed by atoms with van der Waals surface area (Å²) in [6.07, 6.45) is 5.46. The molecule has 0 bridgehead atoms. The second-order valence-corrected chi connectivity index (χ2v) is 7.77. The number of ether oxygens (including phenoxy) is 2. The van der Waals surface area contributed by atoms with E-state index in [9.17, 15) is 0 Å². The minimum Gasteiger partial charge on any atom is -0.492 e. The molecule has 5 N–H and O–H groups in total. The van der Waals surface area contributed by atoms with Crippen molar-refractivity contribution in [3.8, 4) is 16.9 Å². The molecule has 0 fully saturated rings. The van der Waals surface area contributed by atoms with Crippen LogP contribution in [0.4, 0.5) is 17.1 Å². The van der Waals surface area contributed by atoms with E-state index in [1.54, 1.807) is 6.20 Å². The lowest BCUT2D eigenvalue weighted by Gasteiger charge is -2.17. The Morgan fingerprint density at radius 2 is 1.82 bits per heavy atom. The van der Waals surface area contributed by atoms with Crippen LogP contribution in [-0.4, -0.2) is 42.9 Å². The molecule has 2 aromatic carbocycles. The molecule has 0 spiro atoms. The SMILES string of the molecule is CCOCCNCCOc1ccc(-c2cncc(N)c2Nc2ccc3[nH]ccc3c2C)cc1. The summed E-state index contributed by atoms with van der Waals surface area (Å²) in [6.45, 7) is 7.75. The summed E-state index contributed by atoms with van der Waals surface area (Å²) in [7, 11) is 0. The van der Waals surface area contributed by atoms with E-state index in [-0.39, 0.29) is 0 Å². The molecule has 0 aliphatic heterocycles. The first kappa shape index (κ1) is 22.6. The third-order valence-corrected chi connectivity index (χ3v) is 5.58. The zero-order valence-electron chi connectivity index (χ0n) is 19.2. The van der Waals surface area contributed by atoms with Gasteiger partial charge in [-0.05, 0) is 55.3 Å². The zero-order chi connectivity index (χ0) is 23.0. The standard InChI is InChI=1S/C26H31N5O2/c1-3-32-14-12-28-13-15-33-20-6-4-19(5-7-20)22-16-29-17-23(27)26(22)31-24-8-9-25-21(18(24)2)10-11-30-25/h4-11,16-17,28,30H,3,12-15,27H2,1-2H3,(H,29,31). The highest BCUT2D eigenvalue weighted by molar-refractivity contribution is 5.93. The van der Waals surface area contributed by atoms with E-state index in [1.165, 1.54) is 5.39 Å². The number of nitrogens with one attached hydrogen (secondary N) is 3. The number of hydrogen-bond donors (Lipinski definition) is 4. The van der Waals surface area contributed by atoms with E-state index in [4.69, 9.17) is 15.2 Å². The first-order valence-corrected chi connectivity index (χ1v) is 11.3. The van der Waals surface area contributed by atoms with Crippen LogP contribution in [0.15, 0.2) is 61.1 Å². The van der Waals surface area contributed by atoms with Crippen LogP contribution in [0.25, 0.3) is 22.0 Å². The number of aromatic amines is 1. The molecule has 0 aliphatic carbocycles. The maximum absolute atomic E-state index is 6.33. The van der Waals surface area contributed by atoms with Crippen molar-refractivity contribution >= 4 is 28.0 Å². The van der Waals surface area contributed by atoms with E-state index in [0.29, 0.717) is 18.9 Å². The van der Waals surface area contributed by atoms with Crippen molar-refractivity contribution in [3.63, 3.8) is 0 Å². The normalized spacial score (nSPS) is 11.1. The molecule has 172 valence electrons. The van der Waals surface area contributed by atoms with Crippen molar-refractivity contribution in [1.29, 1.82) is 0 Å². The molecular weight excluding hydrogens is 414 g/mol. The van der Waals surface area contributed by atoms with Gasteiger partial charge in [-0.15, -0.1) is 0 Å². The fourth-order valence-corrected chi connectivity index (χ4v) is 3.77. The van der Waals surface area contributed by atoms with Crippen LogP contribution in [0.3, 0.4) is 0 Å². The second-order valence-electron chi connectivity index (χ2n) is 7.77. The van der Waals surface area contributed by atoms with Gasteiger partial charge in [0.15, 0.2) is 0 Å². The van der Waals surface area contributed by atoms with E-state index in [2.05, 4.69) is 45.7 Å². The van der Waals surface area contributed by atoms with E-state index in [1.807, 2.05) is 43.6 Å². The van der Waals surface area contributed by atoms with Gasteiger partial charge in [-0.3, -0.25) is 4.98 Å². The summed E-state index contributed by atoms with van der Waals surface area (Å²) in [5, 5.41) is 8.02. The summed E-state index contributed by atoms with van der Waals surface area (Å²) in [5.74, 6) is 0.825. The van der Waals surface area contributed by atoms with Crippen LogP contribution in [-0.2, 0) is 4.74 Å². The molecule has 4 aromatic rings. The highest BCUT2D eigenvalue weighted by Crippen LogP contribution is 2.36. The van der Waals surface area contributed by atoms with Gasteiger partial charge in [0, 0.05) is 54.2 Å². The van der Waals surface area contributed by atoms with E-state index >= 15 is 0 Å². The Bertz CT molecular complexity index is 1190. The molecule has 2 aromatic heterocycles. The third-order valence-electron chi connectivity index (χ3n) is 5.58. The summed E-state index contributed by atoms with van der Waals surface area (Å²) in [5.41, 5.74) is 13.0. The predicted molar refractivity (Wildman–Crippen MR) is 135 cm³/mol. The molecular formula is C26H31N5O2. The number of H-pyrrole nitrogens is 1. The number of fused-ring (bicyclic) bond motifs is 1. The first-order chi connectivity index (χ1) is 16.2. The van der Waals surface area contributed by atoms with Gasteiger partial charge < -0.3 is 30.8 Å². The molecule has 0 aliphatic rings. The van der Waals surface area contributed by atoms with Crippen molar-refractivity contribution in [2.24, 2.45) is 0 Å². The van der Waals surface area contributed by atoms with Crippen LogP contribution in [0.2, 0.25) is 0 Å². The fourth-order valence-electron chi connectivity index (χ4n) is 3.77. The predicted octanol–water partition coefficient (Wildman–Crippen LogP) is 4.87. The molecule has 0 radical (unpaired) electrons. The minimum absolute atomic E-state index is 0.596. The van der Waals surface area contributed by atoms with Gasteiger partial charge >= 0.3 is 0 Å². The van der Waals surface area contributed by atoms with Crippen molar-refractivity contribution in [2.45, 2.75) is 13.8 Å². The molecule has 7 heteroatoms. The van der Waals surface area contributed by atoms with Gasteiger partial charge in [0.05, 0.1) is 24.2 Å². The number of aryl methyl sites for hydroxylation is 1. The molecule has 4 rings (SSSR count). The minimum atomic E-state index is 0.596. The maximum Gasteiger partial charge on any atom is 0.119 e. The van der Waals surface area contributed by atoms with Crippen LogP contribution in [0.1, 0.15) is 12.5 Å². The molecule has 0 unspecified atom stereocenters. The van der Waals surface area contributed by atoms with Gasteiger partial charge in [-0.1, -0.05) is 12.1 Å². The topological polar surface area (TPSA) is 97.2 Å². The summed E-state index contributed by atoms with van der Waals surface area (Å²) in [6, 6.07) is 14.2. The Labute approximate surface area is 194 Å². The maximum atomic E-state index is 6.33. The smallest absolute Gasteiger partial charge is 0.119 e. The number of benzene rings is 2. The molecule has 0 amide bonds. The van der Waals surface area contributed by atoms with Gasteiger partial charge in [0.2, 0.25) is 0 Å². The van der Waals surface area contributed by atoms with Gasteiger partial charge in [-0.2, -0.15) is 0 Å². The zero-order valence-corrected chi connectivity index (χ0v) is 19.2. The van der Waals surface area contributed by atoms with E-state index < -0.39 is 0 Å². The van der Waals surface area contributed by atoms with Crippen molar-refractivity contribution in [1.82, 2.24) is 15.3 Å². The van der Waals surface area contributed by atoms with Crippen molar-refractivity contribution in [2.75, 3.05) is 44.0 Å². The largest absolute Gasteiger partial charge is 0.492 e. The number of pyridine rings is 1. The van der Waals surface area contributed by atoms with Gasteiger partial charge in [0.25, 0.3) is 0 Å². The molecule has 0 saturated carbocycles. The van der Waals surface area contributed by atoms with Crippen molar-refractivity contribution < 1.29 is 9.47 Å². The number of rotatable bonds is 11. The Hall–Kier alpha value is -3.55. The Balaban J connectivity index is 1.46. The lowest BCUT2D eigenvalue weighted by molar-refractivity contribution is 0.148. The summed E-state index contributed by atoms with van der Waals surface area (Å²) >= 11 is 0. The van der Waals surface area contributed by atoms with Gasteiger partial charge in [0.1, 0.15) is 12.4 Å². The monoisotopic (exact) mass is 445 g/mol. The van der Waals surface area contributed by atoms with E-state index in [0.717, 1.165) is 59.0 Å². The second kappa shape index (κ2) is 10.8. The summed E-state index contributed by atoms with van der Waals surface area (Å²) < 4.78 is 11.1. The number of anilines is 3. The van der Waals surface area contributed by atoms with Crippen molar-refractivity contribution in [3.05, 3.63) is 66.6 Å². The number of aromatic nitrogens is 2. The lowest BCUT2D eigenvalue weighted by Crippen LogP contribution is -2.24. The number of nitrogens with zero attached hydrogens (tertiary/aromatic N) is 1. The lowest BCUT2D eigenvalue weighted by atomic mass is 10.0. The average molecular weight is 446 g/mol. The van der Waals surface area contributed by atoms with Crippen LogP contribution >= 0.6 is 0 Å². The van der Waals surface area contributed by atoms with Crippen LogP contribution in [0, 0.1) is 6.92 Å². The molecule has 0 atom stereocenters. The Morgan fingerprint density at radius 1 is 1.00 bits per heavy atom. The summed E-state index contributed by atoms with van der Waals surface area (Å²) in [4.78, 5) is 7.57. The Morgan fingerprint density at radius 3 is 2.64 bits per heavy atom. The van der Waals surface area contributed by atoms with Crippen LogP contribution < -0.4 is 21.1 Å². The molecule has 0 saturated heterocycles. The molecule has 7 nitrogen and oxygen atoms in total. The number of nitrogens with two attached hydrogens (primary N) is 1. The third kappa shape index (κ3) is 5.45. The number of hydrogen-bond acceptors (Lipinski definition) is 6. The first-order valence-electron chi connectivity index (χ1n) is 11.3. The molecule has 2 heterocycles. The number of nitrogen functional groups attached to an aromatic ring is 1. The fraction of sp³-hybridized carbons (Fsp3) is 0.269. The highest BCUT2D eigenvalue weighted by atomic mass is 16.5. The van der Waals surface area contributed by atoms with Gasteiger partial charge in [-0.25, -0.2) is 0 Å². The molecule has 33 heavy (non-hydrogen) atoms. The quantitative estimate of drug-likeness (QED) is 0.246. The average Bonchev–Trinajstić information content (AvgIpc) is 3.32. The Kier molecular flexibility index (Phi) is 7.44. The van der Waals surface area contributed by atoms with Crippen LogP contribution in [0.5, 0.6) is 5.75 Å². The highest BCUT2D eigenvalue weighted by Gasteiger charge is 2.12.